The second kappa shape index (κ2) is 6.90. The third kappa shape index (κ3) is 3.21. The number of likely N-dealkylation sites (tertiary alicyclic amines) is 2. The SMILES string of the molecule is O=C(CCN1C(=O)CCC1=O)N1CCC(c2nc3ccccc3[nH]2)CC1. The van der Waals surface area contributed by atoms with Crippen molar-refractivity contribution < 1.29 is 14.4 Å². The van der Waals surface area contributed by atoms with Gasteiger partial charge in [-0.3, -0.25) is 19.3 Å². The van der Waals surface area contributed by atoms with Gasteiger partial charge < -0.3 is 9.88 Å². The summed E-state index contributed by atoms with van der Waals surface area (Å²) in [6, 6.07) is 7.98. The summed E-state index contributed by atoms with van der Waals surface area (Å²) in [5.74, 6) is 1.01. The number of aromatic amines is 1. The van der Waals surface area contributed by atoms with E-state index in [-0.39, 0.29) is 43.5 Å². The van der Waals surface area contributed by atoms with Crippen LogP contribution in [-0.4, -0.2) is 57.1 Å². The lowest BCUT2D eigenvalue weighted by Gasteiger charge is -2.31. The van der Waals surface area contributed by atoms with Crippen molar-refractivity contribution in [3.8, 4) is 0 Å². The van der Waals surface area contributed by atoms with Gasteiger partial charge in [0.25, 0.3) is 0 Å². The normalized spacial score (nSPS) is 18.9. The summed E-state index contributed by atoms with van der Waals surface area (Å²) >= 11 is 0. The fourth-order valence-electron chi connectivity index (χ4n) is 3.81. The van der Waals surface area contributed by atoms with Crippen LogP contribution in [0.25, 0.3) is 11.0 Å². The number of amides is 3. The van der Waals surface area contributed by atoms with Crippen molar-refractivity contribution in [2.24, 2.45) is 0 Å². The van der Waals surface area contributed by atoms with Crippen LogP contribution in [0, 0.1) is 0 Å². The number of nitrogens with one attached hydrogen (secondary N) is 1. The minimum absolute atomic E-state index is 0.0144. The molecule has 0 unspecified atom stereocenters. The number of hydrogen-bond acceptors (Lipinski definition) is 4. The Morgan fingerprint density at radius 3 is 2.50 bits per heavy atom. The molecular weight excluding hydrogens is 332 g/mol. The first kappa shape index (κ1) is 16.8. The van der Waals surface area contributed by atoms with Gasteiger partial charge in [-0.25, -0.2) is 4.98 Å². The van der Waals surface area contributed by atoms with Crippen LogP contribution in [0.3, 0.4) is 0 Å². The van der Waals surface area contributed by atoms with Crippen LogP contribution < -0.4 is 0 Å². The molecule has 136 valence electrons. The number of fused-ring (bicyclic) bond motifs is 1. The van der Waals surface area contributed by atoms with Gasteiger partial charge in [0.2, 0.25) is 17.7 Å². The molecule has 2 aliphatic rings. The fraction of sp³-hybridized carbons (Fsp3) is 0.474. The molecule has 0 saturated carbocycles. The Labute approximate surface area is 151 Å². The molecule has 1 aromatic carbocycles. The number of benzene rings is 1. The highest BCUT2D eigenvalue weighted by Crippen LogP contribution is 2.28. The van der Waals surface area contributed by atoms with E-state index < -0.39 is 0 Å². The van der Waals surface area contributed by atoms with Crippen molar-refractivity contribution >= 4 is 28.8 Å². The van der Waals surface area contributed by atoms with Crippen LogP contribution in [0.4, 0.5) is 0 Å². The zero-order valence-electron chi connectivity index (χ0n) is 14.6. The Hall–Kier alpha value is -2.70. The highest BCUT2D eigenvalue weighted by atomic mass is 16.2. The number of piperidine rings is 1. The number of para-hydroxylation sites is 2. The second-order valence-electron chi connectivity index (χ2n) is 6.98. The van der Waals surface area contributed by atoms with Crippen LogP contribution >= 0.6 is 0 Å². The maximum atomic E-state index is 12.4. The lowest BCUT2D eigenvalue weighted by atomic mass is 9.96. The summed E-state index contributed by atoms with van der Waals surface area (Å²) in [6.07, 6.45) is 2.50. The minimum atomic E-state index is -0.161. The fourth-order valence-corrected chi connectivity index (χ4v) is 3.81. The number of imide groups is 1. The molecule has 0 bridgehead atoms. The van der Waals surface area contributed by atoms with Crippen molar-refractivity contribution in [1.82, 2.24) is 19.8 Å². The number of nitrogens with zero attached hydrogens (tertiary/aromatic N) is 3. The summed E-state index contributed by atoms with van der Waals surface area (Å²) in [7, 11) is 0. The molecule has 7 heteroatoms. The van der Waals surface area contributed by atoms with Crippen LogP contribution in [0.2, 0.25) is 0 Å². The van der Waals surface area contributed by atoms with E-state index in [1.54, 1.807) is 0 Å². The zero-order valence-corrected chi connectivity index (χ0v) is 14.6. The molecule has 3 amide bonds. The van der Waals surface area contributed by atoms with E-state index in [0.29, 0.717) is 19.0 Å². The molecule has 2 saturated heterocycles. The average Bonchev–Trinajstić information content (AvgIpc) is 3.23. The average molecular weight is 354 g/mol. The third-order valence-electron chi connectivity index (χ3n) is 5.35. The predicted octanol–water partition coefficient (Wildman–Crippen LogP) is 1.81. The van der Waals surface area contributed by atoms with Gasteiger partial charge in [-0.2, -0.15) is 0 Å². The van der Waals surface area contributed by atoms with E-state index >= 15 is 0 Å². The standard InChI is InChI=1S/C19H22N4O3/c24-16(9-12-23-17(25)5-6-18(23)26)22-10-7-13(8-11-22)19-20-14-3-1-2-4-15(14)21-19/h1-4,13H,5-12H2,(H,20,21). The molecule has 3 heterocycles. The van der Waals surface area contributed by atoms with E-state index in [2.05, 4.69) is 9.97 Å². The topological polar surface area (TPSA) is 86.4 Å². The first-order chi connectivity index (χ1) is 12.6. The molecule has 2 fully saturated rings. The third-order valence-corrected chi connectivity index (χ3v) is 5.35. The Bertz CT molecular complexity index is 802. The first-order valence-electron chi connectivity index (χ1n) is 9.17. The monoisotopic (exact) mass is 354 g/mol. The maximum absolute atomic E-state index is 12.4. The lowest BCUT2D eigenvalue weighted by Crippen LogP contribution is -2.40. The van der Waals surface area contributed by atoms with Gasteiger partial charge in [-0.05, 0) is 25.0 Å². The van der Waals surface area contributed by atoms with Gasteiger partial charge in [-0.1, -0.05) is 12.1 Å². The Balaban J connectivity index is 1.31. The predicted molar refractivity (Wildman–Crippen MR) is 95.2 cm³/mol. The highest BCUT2D eigenvalue weighted by Gasteiger charge is 2.30. The van der Waals surface area contributed by atoms with Crippen LogP contribution in [0.5, 0.6) is 0 Å². The zero-order chi connectivity index (χ0) is 18.1. The van der Waals surface area contributed by atoms with Gasteiger partial charge >= 0.3 is 0 Å². The molecule has 2 aliphatic heterocycles. The van der Waals surface area contributed by atoms with E-state index in [1.807, 2.05) is 29.2 Å². The highest BCUT2D eigenvalue weighted by molar-refractivity contribution is 6.02. The molecule has 0 aliphatic carbocycles. The van der Waals surface area contributed by atoms with E-state index in [4.69, 9.17) is 0 Å². The number of H-pyrrole nitrogens is 1. The summed E-state index contributed by atoms with van der Waals surface area (Å²) in [5, 5.41) is 0. The molecule has 0 spiro atoms. The Kier molecular flexibility index (Phi) is 4.44. The Morgan fingerprint density at radius 2 is 1.81 bits per heavy atom. The van der Waals surface area contributed by atoms with Crippen molar-refractivity contribution in [2.75, 3.05) is 19.6 Å². The Morgan fingerprint density at radius 1 is 1.12 bits per heavy atom. The van der Waals surface area contributed by atoms with Gasteiger partial charge in [0.15, 0.2) is 0 Å². The number of carbonyl (C=O) groups is 3. The van der Waals surface area contributed by atoms with E-state index in [0.717, 1.165) is 29.7 Å². The summed E-state index contributed by atoms with van der Waals surface area (Å²) < 4.78 is 0. The molecule has 2 aromatic rings. The first-order valence-corrected chi connectivity index (χ1v) is 9.17. The molecule has 0 atom stereocenters. The maximum Gasteiger partial charge on any atom is 0.229 e. The number of imidazole rings is 1. The van der Waals surface area contributed by atoms with E-state index in [1.165, 1.54) is 4.90 Å². The lowest BCUT2D eigenvalue weighted by molar-refractivity contribution is -0.139. The number of hydrogen-bond donors (Lipinski definition) is 1. The van der Waals surface area contributed by atoms with E-state index in [9.17, 15) is 14.4 Å². The van der Waals surface area contributed by atoms with Gasteiger partial charge in [0, 0.05) is 44.8 Å². The van der Waals surface area contributed by atoms with Crippen LogP contribution in [0.1, 0.15) is 43.8 Å². The quantitative estimate of drug-likeness (QED) is 0.849. The molecule has 0 radical (unpaired) electrons. The van der Waals surface area contributed by atoms with Crippen LogP contribution in [-0.2, 0) is 14.4 Å². The van der Waals surface area contributed by atoms with Gasteiger partial charge in [0.1, 0.15) is 5.82 Å². The van der Waals surface area contributed by atoms with Crippen molar-refractivity contribution in [2.45, 2.75) is 38.0 Å². The van der Waals surface area contributed by atoms with Gasteiger partial charge in [0.05, 0.1) is 11.0 Å². The largest absolute Gasteiger partial charge is 0.343 e. The minimum Gasteiger partial charge on any atom is -0.343 e. The second-order valence-corrected chi connectivity index (χ2v) is 6.98. The summed E-state index contributed by atoms with van der Waals surface area (Å²) in [5.41, 5.74) is 2.02. The van der Waals surface area contributed by atoms with Crippen molar-refractivity contribution in [1.29, 1.82) is 0 Å². The molecule has 1 aromatic heterocycles. The molecule has 1 N–H and O–H groups in total. The van der Waals surface area contributed by atoms with Crippen LogP contribution in [0.15, 0.2) is 24.3 Å². The molecule has 7 nitrogen and oxygen atoms in total. The van der Waals surface area contributed by atoms with Gasteiger partial charge in [-0.15, -0.1) is 0 Å². The summed E-state index contributed by atoms with van der Waals surface area (Å²) in [6.45, 7) is 1.57. The van der Waals surface area contributed by atoms with Crippen molar-refractivity contribution in [3.05, 3.63) is 30.1 Å². The number of aromatic nitrogens is 2. The molecular formula is C19H22N4O3. The molecule has 4 rings (SSSR count). The number of rotatable bonds is 4. The van der Waals surface area contributed by atoms with Crippen molar-refractivity contribution in [3.63, 3.8) is 0 Å². The molecule has 26 heavy (non-hydrogen) atoms. The summed E-state index contributed by atoms with van der Waals surface area (Å²) in [4.78, 5) is 46.8. The number of carbonyl (C=O) groups excluding carboxylic acids is 3. The smallest absolute Gasteiger partial charge is 0.229 e.